The average Bonchev–Trinajstić information content (AvgIpc) is 2.81. The zero-order valence-corrected chi connectivity index (χ0v) is 11.2. The van der Waals surface area contributed by atoms with Gasteiger partial charge in [0.15, 0.2) is 5.17 Å². The lowest BCUT2D eigenvalue weighted by Crippen LogP contribution is -2.47. The summed E-state index contributed by atoms with van der Waals surface area (Å²) in [4.78, 5) is 4.86. The zero-order valence-electron chi connectivity index (χ0n) is 10.4. The predicted molar refractivity (Wildman–Crippen MR) is 71.0 cm³/mol. The topological polar surface area (TPSA) is 24.4 Å². The van der Waals surface area contributed by atoms with Gasteiger partial charge in [-0.1, -0.05) is 31.5 Å². The van der Waals surface area contributed by atoms with Crippen LogP contribution in [-0.4, -0.2) is 22.0 Å². The van der Waals surface area contributed by atoms with Crippen molar-refractivity contribution in [1.82, 2.24) is 5.32 Å². The van der Waals surface area contributed by atoms with Gasteiger partial charge in [0.2, 0.25) is 0 Å². The summed E-state index contributed by atoms with van der Waals surface area (Å²) in [6.45, 7) is 4.67. The lowest BCUT2D eigenvalue weighted by molar-refractivity contribution is 0.242. The van der Waals surface area contributed by atoms with Gasteiger partial charge < -0.3 is 5.32 Å². The first-order valence-corrected chi connectivity index (χ1v) is 7.59. The third-order valence-corrected chi connectivity index (χ3v) is 5.46. The minimum Gasteiger partial charge on any atom is -0.359 e. The molecule has 1 N–H and O–H groups in total. The van der Waals surface area contributed by atoms with Gasteiger partial charge in [-0.05, 0) is 38.5 Å². The molecule has 1 saturated heterocycles. The van der Waals surface area contributed by atoms with E-state index in [1.807, 2.05) is 11.8 Å². The number of hydrogen-bond donors (Lipinski definition) is 1. The second-order valence-corrected chi connectivity index (χ2v) is 7.27. The first kappa shape index (κ1) is 10.9. The Morgan fingerprint density at radius 3 is 2.88 bits per heavy atom. The number of hydrogen-bond acceptors (Lipinski definition) is 2. The van der Waals surface area contributed by atoms with Crippen LogP contribution in [0.5, 0.6) is 0 Å². The van der Waals surface area contributed by atoms with Gasteiger partial charge in [-0.25, -0.2) is 0 Å². The van der Waals surface area contributed by atoms with Gasteiger partial charge in [-0.3, -0.25) is 4.99 Å². The second kappa shape index (κ2) is 3.66. The summed E-state index contributed by atoms with van der Waals surface area (Å²) in [5.41, 5.74) is 0.688. The predicted octanol–water partition coefficient (Wildman–Crippen LogP) is 3.18. The molecule has 2 atom stereocenters. The van der Waals surface area contributed by atoms with E-state index in [4.69, 9.17) is 4.99 Å². The van der Waals surface area contributed by atoms with E-state index in [1.165, 1.54) is 49.4 Å². The molecule has 0 aromatic heterocycles. The van der Waals surface area contributed by atoms with E-state index >= 15 is 0 Å². The number of nitrogens with zero attached hydrogens (tertiary/aromatic N) is 1. The fourth-order valence-corrected chi connectivity index (χ4v) is 4.33. The maximum atomic E-state index is 4.86. The van der Waals surface area contributed by atoms with E-state index in [9.17, 15) is 0 Å². The Hall–Kier alpha value is -0.180. The molecular weight excluding hydrogens is 216 g/mol. The Kier molecular flexibility index (Phi) is 2.50. The summed E-state index contributed by atoms with van der Waals surface area (Å²) in [6, 6.07) is 0. The van der Waals surface area contributed by atoms with Crippen LogP contribution in [0.15, 0.2) is 4.99 Å². The Morgan fingerprint density at radius 2 is 2.19 bits per heavy atom. The number of amidine groups is 1. The number of nitrogens with one attached hydrogen (secondary N) is 1. The minimum atomic E-state index is 0.293. The summed E-state index contributed by atoms with van der Waals surface area (Å²) in [7, 11) is 0. The Bertz CT molecular complexity index is 322. The lowest BCUT2D eigenvalue weighted by atomic mass is 9.78. The second-order valence-electron chi connectivity index (χ2n) is 6.31. The molecule has 3 heteroatoms. The van der Waals surface area contributed by atoms with E-state index in [2.05, 4.69) is 19.2 Å². The van der Waals surface area contributed by atoms with Gasteiger partial charge >= 0.3 is 0 Å². The molecule has 1 aliphatic heterocycles. The van der Waals surface area contributed by atoms with Gasteiger partial charge in [-0.2, -0.15) is 0 Å². The Morgan fingerprint density at radius 1 is 1.38 bits per heavy atom. The molecule has 0 aromatic rings. The monoisotopic (exact) mass is 238 g/mol. The Balaban J connectivity index is 1.69. The van der Waals surface area contributed by atoms with E-state index in [0.717, 1.165) is 5.92 Å². The molecule has 0 bridgehead atoms. The number of aliphatic imine (C=N–C) groups is 1. The largest absolute Gasteiger partial charge is 0.359 e. The van der Waals surface area contributed by atoms with E-state index in [-0.39, 0.29) is 0 Å². The molecule has 2 saturated carbocycles. The van der Waals surface area contributed by atoms with Crippen LogP contribution >= 0.6 is 11.8 Å². The SMILES string of the molecule is CC1CCCC2(CSC(=NC3(C)CC3)N2)C1. The summed E-state index contributed by atoms with van der Waals surface area (Å²) < 4.78 is 0. The van der Waals surface area contributed by atoms with Crippen LogP contribution in [0.1, 0.15) is 52.4 Å². The van der Waals surface area contributed by atoms with Crippen LogP contribution in [0.25, 0.3) is 0 Å². The molecule has 0 amide bonds. The third kappa shape index (κ3) is 2.11. The maximum Gasteiger partial charge on any atom is 0.157 e. The van der Waals surface area contributed by atoms with E-state index in [1.54, 1.807) is 0 Å². The molecule has 2 nitrogen and oxygen atoms in total. The minimum absolute atomic E-state index is 0.293. The third-order valence-electron chi connectivity index (χ3n) is 4.29. The molecule has 0 aromatic carbocycles. The quantitative estimate of drug-likeness (QED) is 0.759. The average molecular weight is 238 g/mol. The summed E-state index contributed by atoms with van der Waals surface area (Å²) in [6.07, 6.45) is 8.05. The molecule has 90 valence electrons. The van der Waals surface area contributed by atoms with Crippen molar-refractivity contribution >= 4 is 16.9 Å². The van der Waals surface area contributed by atoms with Crippen molar-refractivity contribution in [2.75, 3.05) is 5.75 Å². The molecule has 2 unspecified atom stereocenters. The highest BCUT2D eigenvalue weighted by molar-refractivity contribution is 8.14. The summed E-state index contributed by atoms with van der Waals surface area (Å²) in [5, 5.41) is 4.98. The highest BCUT2D eigenvalue weighted by atomic mass is 32.2. The van der Waals surface area contributed by atoms with Gasteiger partial charge in [0.25, 0.3) is 0 Å². The molecule has 1 heterocycles. The van der Waals surface area contributed by atoms with E-state index in [0.29, 0.717) is 11.1 Å². The maximum absolute atomic E-state index is 4.86. The van der Waals surface area contributed by atoms with Crippen molar-refractivity contribution in [3.05, 3.63) is 0 Å². The highest BCUT2D eigenvalue weighted by Gasteiger charge is 2.43. The van der Waals surface area contributed by atoms with Crippen LogP contribution in [0.3, 0.4) is 0 Å². The summed E-state index contributed by atoms with van der Waals surface area (Å²) >= 11 is 1.96. The standard InChI is InChI=1S/C13H22N2S/c1-10-4-3-5-13(8-10)9-16-11(15-13)14-12(2)6-7-12/h10H,3-9H2,1-2H3,(H,14,15). The summed E-state index contributed by atoms with van der Waals surface area (Å²) in [5.74, 6) is 2.13. The van der Waals surface area contributed by atoms with Gasteiger partial charge in [-0.15, -0.1) is 0 Å². The van der Waals surface area contributed by atoms with Crippen LogP contribution < -0.4 is 5.32 Å². The molecule has 3 rings (SSSR count). The Labute approximate surface area is 103 Å². The van der Waals surface area contributed by atoms with Gasteiger partial charge in [0.1, 0.15) is 0 Å². The lowest BCUT2D eigenvalue weighted by Gasteiger charge is -2.36. The van der Waals surface area contributed by atoms with Gasteiger partial charge in [0.05, 0.1) is 5.54 Å². The van der Waals surface area contributed by atoms with Crippen molar-refractivity contribution in [3.63, 3.8) is 0 Å². The fourth-order valence-electron chi connectivity index (χ4n) is 3.01. The molecular formula is C13H22N2S. The normalized spacial score (nSPS) is 43.6. The first-order chi connectivity index (χ1) is 7.59. The molecule has 3 aliphatic rings. The highest BCUT2D eigenvalue weighted by Crippen LogP contribution is 2.43. The van der Waals surface area contributed by atoms with Crippen LogP contribution in [0.2, 0.25) is 0 Å². The zero-order chi connectivity index (χ0) is 11.2. The molecule has 0 radical (unpaired) electrons. The van der Waals surface area contributed by atoms with Crippen molar-refractivity contribution in [3.8, 4) is 0 Å². The molecule has 2 aliphatic carbocycles. The van der Waals surface area contributed by atoms with Crippen LogP contribution in [-0.2, 0) is 0 Å². The van der Waals surface area contributed by atoms with Crippen molar-refractivity contribution < 1.29 is 0 Å². The number of thioether (sulfide) groups is 1. The van der Waals surface area contributed by atoms with Crippen LogP contribution in [0.4, 0.5) is 0 Å². The van der Waals surface area contributed by atoms with Crippen molar-refractivity contribution in [2.45, 2.75) is 63.5 Å². The molecule has 1 spiro atoms. The fraction of sp³-hybridized carbons (Fsp3) is 0.923. The van der Waals surface area contributed by atoms with Crippen molar-refractivity contribution in [2.24, 2.45) is 10.9 Å². The molecule has 3 fully saturated rings. The van der Waals surface area contributed by atoms with Gasteiger partial charge in [0, 0.05) is 11.3 Å². The molecule has 16 heavy (non-hydrogen) atoms. The first-order valence-electron chi connectivity index (χ1n) is 6.60. The number of rotatable bonds is 1. The van der Waals surface area contributed by atoms with Crippen molar-refractivity contribution in [1.29, 1.82) is 0 Å². The van der Waals surface area contributed by atoms with E-state index < -0.39 is 0 Å². The smallest absolute Gasteiger partial charge is 0.157 e. The van der Waals surface area contributed by atoms with Crippen LogP contribution in [0, 0.1) is 5.92 Å².